The Morgan fingerprint density at radius 3 is 1.63 bits per heavy atom. The van der Waals surface area contributed by atoms with Gasteiger partial charge >= 0.3 is 0 Å². The van der Waals surface area contributed by atoms with Crippen molar-refractivity contribution >= 4 is 44.2 Å². The number of aromatic nitrogens is 2. The van der Waals surface area contributed by atoms with Crippen molar-refractivity contribution in [3.05, 3.63) is 120 Å². The van der Waals surface area contributed by atoms with Gasteiger partial charge in [-0.2, -0.15) is 0 Å². The third kappa shape index (κ3) is 2.38. The summed E-state index contributed by atoms with van der Waals surface area (Å²) in [5.41, 5.74) is 5.36. The average Bonchev–Trinajstić information content (AvgIpc) is 3.43. The molecular formula is C27H19ClN2. The Morgan fingerprint density at radius 2 is 1.00 bits per heavy atom. The topological polar surface area (TPSA) is 31.6 Å². The van der Waals surface area contributed by atoms with Crippen molar-refractivity contribution in [2.75, 3.05) is 0 Å². The summed E-state index contributed by atoms with van der Waals surface area (Å²) < 4.78 is 0. The number of nitrogens with one attached hydrogen (secondary N) is 2. The Bertz CT molecular complexity index is 1440. The van der Waals surface area contributed by atoms with Crippen molar-refractivity contribution < 1.29 is 0 Å². The summed E-state index contributed by atoms with van der Waals surface area (Å²) in [6.45, 7) is 0. The third-order valence-corrected chi connectivity index (χ3v) is 6.69. The zero-order valence-corrected chi connectivity index (χ0v) is 16.9. The summed E-state index contributed by atoms with van der Waals surface area (Å²) in [7, 11) is 0. The number of H-pyrrole nitrogens is 2. The highest BCUT2D eigenvalue weighted by Gasteiger charge is 2.39. The molecule has 2 aromatic heterocycles. The number of hydrogen-bond donors (Lipinski definition) is 2. The molecule has 2 nitrogen and oxygen atoms in total. The maximum Gasteiger partial charge on any atom is 0.124 e. The molecule has 0 aliphatic rings. The van der Waals surface area contributed by atoms with Crippen LogP contribution in [0, 0.1) is 0 Å². The van der Waals surface area contributed by atoms with E-state index in [9.17, 15) is 0 Å². The van der Waals surface area contributed by atoms with Crippen LogP contribution in [-0.2, 0) is 4.87 Å². The zero-order valence-electron chi connectivity index (χ0n) is 16.2. The van der Waals surface area contributed by atoms with Crippen molar-refractivity contribution in [2.24, 2.45) is 0 Å². The first kappa shape index (κ1) is 17.4. The van der Waals surface area contributed by atoms with Gasteiger partial charge in [-0.1, -0.05) is 78.9 Å². The van der Waals surface area contributed by atoms with E-state index in [0.717, 1.165) is 43.9 Å². The number of rotatable bonds is 3. The van der Waals surface area contributed by atoms with Gasteiger partial charge in [0.1, 0.15) is 4.87 Å². The highest BCUT2D eigenvalue weighted by Crippen LogP contribution is 2.49. The maximum atomic E-state index is 7.80. The number of hydrogen-bond acceptors (Lipinski definition) is 0. The molecule has 144 valence electrons. The minimum atomic E-state index is -0.861. The van der Waals surface area contributed by atoms with E-state index in [2.05, 4.69) is 101 Å². The van der Waals surface area contributed by atoms with Gasteiger partial charge in [0.05, 0.1) is 0 Å². The Hall–Kier alpha value is -3.49. The molecule has 0 atom stereocenters. The summed E-state index contributed by atoms with van der Waals surface area (Å²) in [5, 5.41) is 4.60. The van der Waals surface area contributed by atoms with Crippen LogP contribution in [0.5, 0.6) is 0 Å². The van der Waals surface area contributed by atoms with Crippen LogP contribution in [0.4, 0.5) is 0 Å². The quantitative estimate of drug-likeness (QED) is 0.288. The standard InChI is InChI=1S/C27H19ClN2/c28-27(23-16-29-25-14-5-3-11-20(23)25,24-17-30-26-15-6-4-12-21(24)26)22-13-7-9-18-8-1-2-10-19(18)22/h1-17,29-30H. The molecule has 0 bridgehead atoms. The van der Waals surface area contributed by atoms with Crippen LogP contribution in [0.15, 0.2) is 103 Å². The first-order valence-corrected chi connectivity index (χ1v) is 10.4. The first-order valence-electron chi connectivity index (χ1n) is 10.1. The molecule has 0 aliphatic heterocycles. The van der Waals surface area contributed by atoms with Crippen LogP contribution in [0.1, 0.15) is 16.7 Å². The summed E-state index contributed by atoms with van der Waals surface area (Å²) in [4.78, 5) is 5.99. The van der Waals surface area contributed by atoms with Gasteiger partial charge < -0.3 is 9.97 Å². The third-order valence-electron chi connectivity index (χ3n) is 6.08. The average molecular weight is 407 g/mol. The molecule has 0 saturated heterocycles. The van der Waals surface area contributed by atoms with E-state index in [1.165, 1.54) is 5.39 Å². The number of alkyl halides is 1. The zero-order chi connectivity index (χ0) is 20.1. The SMILES string of the molecule is ClC(c1cccc2ccccc12)(c1c[nH]c2ccccc12)c1c[nH]c2ccccc12. The molecule has 0 amide bonds. The molecule has 0 fully saturated rings. The number of benzene rings is 4. The Kier molecular flexibility index (Phi) is 3.77. The molecule has 0 spiro atoms. The van der Waals surface area contributed by atoms with E-state index in [-0.39, 0.29) is 0 Å². The van der Waals surface area contributed by atoms with Crippen LogP contribution in [0.2, 0.25) is 0 Å². The van der Waals surface area contributed by atoms with Crippen LogP contribution >= 0.6 is 11.6 Å². The van der Waals surface area contributed by atoms with Gasteiger partial charge in [0.25, 0.3) is 0 Å². The minimum Gasteiger partial charge on any atom is -0.361 e. The minimum absolute atomic E-state index is 0.861. The van der Waals surface area contributed by atoms with Crippen molar-refractivity contribution in [3.8, 4) is 0 Å². The number of fused-ring (bicyclic) bond motifs is 3. The second-order valence-corrected chi connectivity index (χ2v) is 8.25. The Morgan fingerprint density at radius 1 is 0.500 bits per heavy atom. The van der Waals surface area contributed by atoms with Crippen molar-refractivity contribution in [1.29, 1.82) is 0 Å². The summed E-state index contributed by atoms with van der Waals surface area (Å²) in [6, 6.07) is 31.5. The second-order valence-electron chi connectivity index (χ2n) is 7.68. The number of aromatic amines is 2. The Balaban J connectivity index is 1.77. The fraction of sp³-hybridized carbons (Fsp3) is 0.0370. The predicted octanol–water partition coefficient (Wildman–Crippen LogP) is 7.33. The van der Waals surface area contributed by atoms with Crippen LogP contribution in [-0.4, -0.2) is 9.97 Å². The molecule has 3 heteroatoms. The maximum absolute atomic E-state index is 7.80. The lowest BCUT2D eigenvalue weighted by Gasteiger charge is -2.29. The molecule has 0 aliphatic carbocycles. The number of halogens is 1. The van der Waals surface area contributed by atoms with Gasteiger partial charge in [0.15, 0.2) is 0 Å². The molecule has 4 aromatic carbocycles. The predicted molar refractivity (Wildman–Crippen MR) is 126 cm³/mol. The van der Waals surface area contributed by atoms with Crippen LogP contribution in [0.25, 0.3) is 32.6 Å². The fourth-order valence-electron chi connectivity index (χ4n) is 4.67. The van der Waals surface area contributed by atoms with Crippen molar-refractivity contribution in [1.82, 2.24) is 9.97 Å². The molecule has 0 radical (unpaired) electrons. The second kappa shape index (κ2) is 6.51. The summed E-state index contributed by atoms with van der Waals surface area (Å²) in [5.74, 6) is 0. The normalized spacial score (nSPS) is 12.2. The molecule has 6 aromatic rings. The summed E-state index contributed by atoms with van der Waals surface area (Å²) >= 11 is 7.80. The van der Waals surface area contributed by atoms with Gasteiger partial charge in [-0.05, 0) is 28.5 Å². The number of para-hydroxylation sites is 2. The van der Waals surface area contributed by atoms with E-state index in [0.29, 0.717) is 0 Å². The summed E-state index contributed by atoms with van der Waals surface area (Å²) in [6.07, 6.45) is 4.11. The molecule has 2 N–H and O–H groups in total. The highest BCUT2D eigenvalue weighted by atomic mass is 35.5. The lowest BCUT2D eigenvalue weighted by atomic mass is 9.81. The molecule has 30 heavy (non-hydrogen) atoms. The first-order chi connectivity index (χ1) is 14.8. The van der Waals surface area contributed by atoms with Crippen molar-refractivity contribution in [2.45, 2.75) is 4.87 Å². The van der Waals surface area contributed by atoms with Gasteiger partial charge in [-0.15, -0.1) is 11.6 Å². The van der Waals surface area contributed by atoms with Gasteiger partial charge in [-0.25, -0.2) is 0 Å². The molecule has 0 saturated carbocycles. The fourth-order valence-corrected chi connectivity index (χ4v) is 5.15. The van der Waals surface area contributed by atoms with E-state index >= 15 is 0 Å². The van der Waals surface area contributed by atoms with Gasteiger partial charge in [0, 0.05) is 45.3 Å². The molecule has 2 heterocycles. The van der Waals surface area contributed by atoms with Crippen molar-refractivity contribution in [3.63, 3.8) is 0 Å². The van der Waals surface area contributed by atoms with E-state index in [1.807, 2.05) is 12.1 Å². The highest BCUT2D eigenvalue weighted by molar-refractivity contribution is 6.31. The molecule has 6 rings (SSSR count). The lowest BCUT2D eigenvalue weighted by molar-refractivity contribution is 0.908. The Labute approximate surface area is 179 Å². The van der Waals surface area contributed by atoms with E-state index < -0.39 is 4.87 Å². The lowest BCUT2D eigenvalue weighted by Crippen LogP contribution is -2.22. The monoisotopic (exact) mass is 406 g/mol. The smallest absolute Gasteiger partial charge is 0.124 e. The van der Waals surface area contributed by atoms with Gasteiger partial charge in [-0.3, -0.25) is 0 Å². The molecule has 0 unspecified atom stereocenters. The van der Waals surface area contributed by atoms with Gasteiger partial charge in [0.2, 0.25) is 0 Å². The van der Waals surface area contributed by atoms with E-state index in [4.69, 9.17) is 11.6 Å². The van der Waals surface area contributed by atoms with Crippen LogP contribution < -0.4 is 0 Å². The van der Waals surface area contributed by atoms with E-state index in [1.54, 1.807) is 0 Å². The molecular weight excluding hydrogens is 388 g/mol. The van der Waals surface area contributed by atoms with Crippen LogP contribution in [0.3, 0.4) is 0 Å². The largest absolute Gasteiger partial charge is 0.361 e.